The molecule has 0 saturated carbocycles. The average molecular weight is 421 g/mol. The summed E-state index contributed by atoms with van der Waals surface area (Å²) in [5.74, 6) is 1.12. The van der Waals surface area contributed by atoms with Gasteiger partial charge in [0, 0.05) is 22.8 Å². The molecule has 2 aliphatic rings. The van der Waals surface area contributed by atoms with Gasteiger partial charge in [0.25, 0.3) is 11.8 Å². The van der Waals surface area contributed by atoms with Crippen LogP contribution in [0.4, 0.5) is 11.4 Å². The minimum absolute atomic E-state index is 0.171. The number of amides is 2. The topological polar surface area (TPSA) is 98.8 Å². The van der Waals surface area contributed by atoms with Gasteiger partial charge < -0.3 is 24.8 Å². The maximum absolute atomic E-state index is 12.6. The molecule has 2 aliphatic heterocycles. The summed E-state index contributed by atoms with van der Waals surface area (Å²) in [7, 11) is 0. The van der Waals surface area contributed by atoms with E-state index in [-0.39, 0.29) is 25.2 Å². The largest absolute Gasteiger partial charge is 0.484 e. The predicted molar refractivity (Wildman–Crippen MR) is 109 cm³/mol. The SMILES string of the molecule is O=C(COc1ccc2c(c1)OCO2)Nc1ccc2c(c1)C(=O)Nc1cccnc1S2. The van der Waals surface area contributed by atoms with Crippen LogP contribution in [-0.4, -0.2) is 30.2 Å². The molecular formula is C21H15N3O5S. The van der Waals surface area contributed by atoms with Crippen LogP contribution in [0.25, 0.3) is 0 Å². The number of nitrogens with one attached hydrogen (secondary N) is 2. The lowest BCUT2D eigenvalue weighted by molar-refractivity contribution is -0.118. The van der Waals surface area contributed by atoms with E-state index in [9.17, 15) is 9.59 Å². The Labute approximate surface area is 175 Å². The normalized spacial score (nSPS) is 13.5. The molecule has 2 amide bonds. The van der Waals surface area contributed by atoms with Crippen molar-refractivity contribution in [2.45, 2.75) is 9.92 Å². The zero-order chi connectivity index (χ0) is 20.5. The van der Waals surface area contributed by atoms with Gasteiger partial charge in [0.2, 0.25) is 6.79 Å². The lowest BCUT2D eigenvalue weighted by Crippen LogP contribution is -2.20. The molecule has 0 radical (unpaired) electrons. The average Bonchev–Trinajstić information content (AvgIpc) is 3.17. The zero-order valence-electron chi connectivity index (χ0n) is 15.5. The minimum atomic E-state index is -0.348. The van der Waals surface area contributed by atoms with Crippen molar-refractivity contribution in [3.8, 4) is 17.2 Å². The highest BCUT2D eigenvalue weighted by Gasteiger charge is 2.21. The lowest BCUT2D eigenvalue weighted by atomic mass is 10.2. The number of anilines is 2. The summed E-state index contributed by atoms with van der Waals surface area (Å²) in [6.45, 7) is -0.0162. The fourth-order valence-corrected chi connectivity index (χ4v) is 4.00. The van der Waals surface area contributed by atoms with Crippen molar-refractivity contribution in [2.24, 2.45) is 0 Å². The fourth-order valence-electron chi connectivity index (χ4n) is 3.05. The number of ether oxygens (including phenoxy) is 3. The Hall–Kier alpha value is -3.72. The van der Waals surface area contributed by atoms with Gasteiger partial charge in [-0.3, -0.25) is 9.59 Å². The highest BCUT2D eigenvalue weighted by atomic mass is 32.2. The Kier molecular flexibility index (Phi) is 4.64. The molecule has 2 aromatic carbocycles. The third-order valence-electron chi connectivity index (χ3n) is 4.45. The number of benzene rings is 2. The van der Waals surface area contributed by atoms with Crippen LogP contribution in [0, 0.1) is 0 Å². The molecular weight excluding hydrogens is 406 g/mol. The molecule has 0 aliphatic carbocycles. The Morgan fingerprint density at radius 2 is 2.07 bits per heavy atom. The molecule has 1 aromatic heterocycles. The van der Waals surface area contributed by atoms with Crippen LogP contribution in [0.5, 0.6) is 17.2 Å². The first-order valence-corrected chi connectivity index (χ1v) is 9.88. The second-order valence-electron chi connectivity index (χ2n) is 6.48. The van der Waals surface area contributed by atoms with E-state index < -0.39 is 0 Å². The van der Waals surface area contributed by atoms with Crippen molar-refractivity contribution in [1.82, 2.24) is 4.98 Å². The molecule has 0 spiro atoms. The summed E-state index contributed by atoms with van der Waals surface area (Å²) < 4.78 is 16.1. The van der Waals surface area contributed by atoms with E-state index in [2.05, 4.69) is 15.6 Å². The van der Waals surface area contributed by atoms with Crippen molar-refractivity contribution in [1.29, 1.82) is 0 Å². The highest BCUT2D eigenvalue weighted by molar-refractivity contribution is 7.99. The number of carbonyl (C=O) groups excluding carboxylic acids is 2. The molecule has 3 heterocycles. The van der Waals surface area contributed by atoms with E-state index in [4.69, 9.17) is 14.2 Å². The molecule has 8 nitrogen and oxygen atoms in total. The quantitative estimate of drug-likeness (QED) is 0.665. The number of hydrogen-bond acceptors (Lipinski definition) is 7. The molecule has 2 N–H and O–H groups in total. The van der Waals surface area contributed by atoms with Gasteiger partial charge in [0.15, 0.2) is 18.1 Å². The Morgan fingerprint density at radius 3 is 3.00 bits per heavy atom. The van der Waals surface area contributed by atoms with Gasteiger partial charge in [0.1, 0.15) is 10.8 Å². The van der Waals surface area contributed by atoms with Crippen molar-refractivity contribution >= 4 is 35.0 Å². The molecule has 0 unspecified atom stereocenters. The second-order valence-corrected chi connectivity index (χ2v) is 7.51. The highest BCUT2D eigenvalue weighted by Crippen LogP contribution is 2.38. The van der Waals surface area contributed by atoms with Gasteiger partial charge in [-0.15, -0.1) is 0 Å². The van der Waals surface area contributed by atoms with Crippen LogP contribution in [0.15, 0.2) is 64.6 Å². The number of aromatic nitrogens is 1. The Morgan fingerprint density at radius 1 is 1.17 bits per heavy atom. The lowest BCUT2D eigenvalue weighted by Gasteiger charge is -2.10. The van der Waals surface area contributed by atoms with E-state index in [1.807, 2.05) is 0 Å². The second kappa shape index (κ2) is 7.60. The number of pyridine rings is 1. The summed E-state index contributed by atoms with van der Waals surface area (Å²) in [4.78, 5) is 30.0. The molecule has 0 saturated heterocycles. The standard InChI is InChI=1S/C21H15N3O5S/c25-19(10-27-13-4-5-16-17(9-13)29-11-28-16)23-12-3-6-18-14(8-12)20(26)24-15-2-1-7-22-21(15)30-18/h1-9H,10-11H2,(H,23,25)(H,24,26). The minimum Gasteiger partial charge on any atom is -0.484 e. The van der Waals surface area contributed by atoms with Crippen LogP contribution >= 0.6 is 11.8 Å². The summed E-state index contributed by atoms with van der Waals surface area (Å²) >= 11 is 1.40. The molecule has 30 heavy (non-hydrogen) atoms. The maximum atomic E-state index is 12.6. The molecule has 3 aromatic rings. The van der Waals surface area contributed by atoms with E-state index >= 15 is 0 Å². The van der Waals surface area contributed by atoms with Crippen LogP contribution in [0.3, 0.4) is 0 Å². The Bertz CT molecular complexity index is 1170. The van der Waals surface area contributed by atoms with Crippen molar-refractivity contribution in [3.05, 3.63) is 60.3 Å². The van der Waals surface area contributed by atoms with E-state index in [0.717, 1.165) is 9.92 Å². The van der Waals surface area contributed by atoms with Gasteiger partial charge in [-0.1, -0.05) is 11.8 Å². The third-order valence-corrected chi connectivity index (χ3v) is 5.54. The van der Waals surface area contributed by atoms with Crippen molar-refractivity contribution in [3.63, 3.8) is 0 Å². The van der Waals surface area contributed by atoms with Gasteiger partial charge in [-0.05, 0) is 42.5 Å². The fraction of sp³-hybridized carbons (Fsp3) is 0.0952. The zero-order valence-corrected chi connectivity index (χ0v) is 16.3. The molecule has 9 heteroatoms. The number of hydrogen-bond donors (Lipinski definition) is 2. The monoisotopic (exact) mass is 421 g/mol. The summed E-state index contributed by atoms with van der Waals surface area (Å²) in [6, 6.07) is 13.8. The third kappa shape index (κ3) is 3.62. The van der Waals surface area contributed by atoms with E-state index in [1.54, 1.807) is 54.7 Å². The van der Waals surface area contributed by atoms with Gasteiger partial charge in [0.05, 0.1) is 11.3 Å². The number of carbonyl (C=O) groups is 2. The van der Waals surface area contributed by atoms with E-state index in [1.165, 1.54) is 11.8 Å². The molecule has 150 valence electrons. The first-order valence-electron chi connectivity index (χ1n) is 9.06. The van der Waals surface area contributed by atoms with Crippen molar-refractivity contribution in [2.75, 3.05) is 24.0 Å². The number of nitrogens with zero attached hydrogens (tertiary/aromatic N) is 1. The molecule has 0 fully saturated rings. The smallest absolute Gasteiger partial charge is 0.262 e. The Balaban J connectivity index is 1.26. The van der Waals surface area contributed by atoms with Crippen LogP contribution in [-0.2, 0) is 4.79 Å². The van der Waals surface area contributed by atoms with E-state index in [0.29, 0.717) is 34.2 Å². The predicted octanol–water partition coefficient (Wildman–Crippen LogP) is 3.54. The summed E-state index contributed by atoms with van der Waals surface area (Å²) in [5.41, 5.74) is 1.63. The molecule has 0 atom stereocenters. The summed E-state index contributed by atoms with van der Waals surface area (Å²) in [5, 5.41) is 6.32. The van der Waals surface area contributed by atoms with Gasteiger partial charge >= 0.3 is 0 Å². The van der Waals surface area contributed by atoms with Crippen molar-refractivity contribution < 1.29 is 23.8 Å². The first kappa shape index (κ1) is 18.3. The number of rotatable bonds is 4. The van der Waals surface area contributed by atoms with Crippen LogP contribution < -0.4 is 24.8 Å². The summed E-state index contributed by atoms with van der Waals surface area (Å²) in [6.07, 6.45) is 1.68. The molecule has 5 rings (SSSR count). The number of fused-ring (bicyclic) bond motifs is 3. The molecule has 0 bridgehead atoms. The first-order chi connectivity index (χ1) is 14.7. The van der Waals surface area contributed by atoms with Gasteiger partial charge in [-0.25, -0.2) is 4.98 Å². The maximum Gasteiger partial charge on any atom is 0.262 e. The van der Waals surface area contributed by atoms with Crippen LogP contribution in [0.2, 0.25) is 0 Å². The van der Waals surface area contributed by atoms with Crippen LogP contribution in [0.1, 0.15) is 10.4 Å². The van der Waals surface area contributed by atoms with Gasteiger partial charge in [-0.2, -0.15) is 0 Å².